The standard InChI is InChI=1S/C15H17BCl2N2O2/c1-14(2)15(3,4)22-16(21-14)10-8-19-20(9-10)13-11(17)6-5-7-12(13)18/h5-9H,1-4H3. The van der Waals surface area contributed by atoms with Gasteiger partial charge in [0.25, 0.3) is 0 Å². The molecule has 0 unspecified atom stereocenters. The van der Waals surface area contributed by atoms with Crippen molar-refractivity contribution in [3.05, 3.63) is 40.6 Å². The summed E-state index contributed by atoms with van der Waals surface area (Å²) >= 11 is 12.4. The van der Waals surface area contributed by atoms with Crippen LogP contribution in [0.15, 0.2) is 30.6 Å². The summed E-state index contributed by atoms with van der Waals surface area (Å²) in [5.41, 5.74) is 0.701. The minimum Gasteiger partial charge on any atom is -0.399 e. The molecule has 2 heterocycles. The molecule has 22 heavy (non-hydrogen) atoms. The summed E-state index contributed by atoms with van der Waals surface area (Å²) in [5.74, 6) is 0. The molecule has 0 atom stereocenters. The van der Waals surface area contributed by atoms with Crippen molar-refractivity contribution >= 4 is 35.8 Å². The fourth-order valence-electron chi connectivity index (χ4n) is 2.27. The number of rotatable bonds is 2. The first kappa shape index (κ1) is 15.9. The Balaban J connectivity index is 1.93. The Morgan fingerprint density at radius 1 is 1.05 bits per heavy atom. The van der Waals surface area contributed by atoms with Crippen molar-refractivity contribution in [2.75, 3.05) is 0 Å². The van der Waals surface area contributed by atoms with E-state index < -0.39 is 7.12 Å². The first-order valence-corrected chi connectivity index (χ1v) is 7.81. The van der Waals surface area contributed by atoms with Gasteiger partial charge in [-0.2, -0.15) is 5.10 Å². The third kappa shape index (κ3) is 2.56. The molecule has 0 bridgehead atoms. The van der Waals surface area contributed by atoms with E-state index in [4.69, 9.17) is 32.5 Å². The number of nitrogens with zero attached hydrogens (tertiary/aromatic N) is 2. The molecule has 116 valence electrons. The highest BCUT2D eigenvalue weighted by Crippen LogP contribution is 2.36. The summed E-state index contributed by atoms with van der Waals surface area (Å²) in [5, 5.41) is 5.41. The van der Waals surface area contributed by atoms with Crippen molar-refractivity contribution in [2.24, 2.45) is 0 Å². The van der Waals surface area contributed by atoms with Crippen LogP contribution in [0.25, 0.3) is 5.69 Å². The number of benzene rings is 1. The summed E-state index contributed by atoms with van der Waals surface area (Å²) in [4.78, 5) is 0. The second kappa shape index (κ2) is 5.27. The zero-order chi connectivity index (χ0) is 16.1. The molecular weight excluding hydrogens is 322 g/mol. The quantitative estimate of drug-likeness (QED) is 0.786. The number of para-hydroxylation sites is 1. The largest absolute Gasteiger partial charge is 0.498 e. The molecule has 3 rings (SSSR count). The number of halogens is 2. The van der Waals surface area contributed by atoms with Crippen LogP contribution in [0.3, 0.4) is 0 Å². The van der Waals surface area contributed by atoms with Crippen LogP contribution in [0.2, 0.25) is 10.0 Å². The SMILES string of the molecule is CC1(C)OB(c2cnn(-c3c(Cl)cccc3Cl)c2)OC1(C)C. The van der Waals surface area contributed by atoms with Gasteiger partial charge in [0.15, 0.2) is 0 Å². The molecule has 2 aromatic rings. The Labute approximate surface area is 140 Å². The Bertz CT molecular complexity index is 679. The van der Waals surface area contributed by atoms with E-state index in [1.807, 2.05) is 33.9 Å². The zero-order valence-electron chi connectivity index (χ0n) is 12.9. The van der Waals surface area contributed by atoms with Crippen molar-refractivity contribution in [1.29, 1.82) is 0 Å². The van der Waals surface area contributed by atoms with Gasteiger partial charge in [-0.3, -0.25) is 0 Å². The molecule has 0 saturated carbocycles. The van der Waals surface area contributed by atoms with Gasteiger partial charge in [-0.15, -0.1) is 0 Å². The minimum atomic E-state index is -0.458. The maximum atomic E-state index is 6.22. The first-order chi connectivity index (χ1) is 10.2. The molecule has 0 amide bonds. The summed E-state index contributed by atoms with van der Waals surface area (Å²) in [6.07, 6.45) is 3.54. The Morgan fingerprint density at radius 3 is 2.14 bits per heavy atom. The lowest BCUT2D eigenvalue weighted by Crippen LogP contribution is -2.41. The van der Waals surface area contributed by atoms with Crippen LogP contribution in [0.1, 0.15) is 27.7 Å². The highest BCUT2D eigenvalue weighted by Gasteiger charge is 2.52. The number of aromatic nitrogens is 2. The van der Waals surface area contributed by atoms with Gasteiger partial charge in [-0.05, 0) is 39.8 Å². The van der Waals surface area contributed by atoms with E-state index in [1.54, 1.807) is 29.1 Å². The zero-order valence-corrected chi connectivity index (χ0v) is 14.4. The molecular formula is C15H17BCl2N2O2. The van der Waals surface area contributed by atoms with Crippen molar-refractivity contribution in [3.8, 4) is 5.69 Å². The van der Waals surface area contributed by atoms with Crippen LogP contribution in [0.5, 0.6) is 0 Å². The first-order valence-electron chi connectivity index (χ1n) is 7.06. The van der Waals surface area contributed by atoms with Gasteiger partial charge in [-0.1, -0.05) is 29.3 Å². The summed E-state index contributed by atoms with van der Waals surface area (Å²) in [6, 6.07) is 5.35. The highest BCUT2D eigenvalue weighted by atomic mass is 35.5. The van der Waals surface area contributed by atoms with Crippen molar-refractivity contribution in [2.45, 2.75) is 38.9 Å². The highest BCUT2D eigenvalue weighted by molar-refractivity contribution is 6.62. The van der Waals surface area contributed by atoms with Gasteiger partial charge in [0.1, 0.15) is 5.69 Å². The second-order valence-electron chi connectivity index (χ2n) is 6.38. The van der Waals surface area contributed by atoms with Crippen LogP contribution in [-0.4, -0.2) is 28.1 Å². The molecule has 0 spiro atoms. The third-order valence-electron chi connectivity index (χ3n) is 4.29. The fourth-order valence-corrected chi connectivity index (χ4v) is 2.84. The molecule has 1 aromatic heterocycles. The minimum absolute atomic E-state index is 0.387. The molecule has 4 nitrogen and oxygen atoms in total. The Kier molecular flexibility index (Phi) is 3.80. The summed E-state index contributed by atoms with van der Waals surface area (Å²) in [6.45, 7) is 8.06. The van der Waals surface area contributed by atoms with E-state index in [1.165, 1.54) is 0 Å². The lowest BCUT2D eigenvalue weighted by atomic mass is 9.82. The van der Waals surface area contributed by atoms with E-state index in [9.17, 15) is 0 Å². The van der Waals surface area contributed by atoms with Gasteiger partial charge in [-0.25, -0.2) is 4.68 Å². The van der Waals surface area contributed by atoms with Crippen LogP contribution in [0, 0.1) is 0 Å². The van der Waals surface area contributed by atoms with Crippen molar-refractivity contribution in [3.63, 3.8) is 0 Å². The molecule has 0 radical (unpaired) electrons. The van der Waals surface area contributed by atoms with E-state index in [0.29, 0.717) is 15.7 Å². The maximum Gasteiger partial charge on any atom is 0.498 e. The summed E-state index contributed by atoms with van der Waals surface area (Å²) in [7, 11) is -0.458. The van der Waals surface area contributed by atoms with Crippen molar-refractivity contribution < 1.29 is 9.31 Å². The molecule has 1 aliphatic rings. The lowest BCUT2D eigenvalue weighted by Gasteiger charge is -2.32. The van der Waals surface area contributed by atoms with Gasteiger partial charge < -0.3 is 9.31 Å². The van der Waals surface area contributed by atoms with E-state index >= 15 is 0 Å². The van der Waals surface area contributed by atoms with Crippen LogP contribution in [-0.2, 0) is 9.31 Å². The van der Waals surface area contributed by atoms with Gasteiger partial charge in [0.05, 0.1) is 21.2 Å². The van der Waals surface area contributed by atoms with Gasteiger partial charge in [0.2, 0.25) is 0 Å². The van der Waals surface area contributed by atoms with Crippen LogP contribution < -0.4 is 5.46 Å². The predicted molar refractivity (Wildman–Crippen MR) is 89.3 cm³/mol. The molecule has 1 aromatic carbocycles. The van der Waals surface area contributed by atoms with Crippen LogP contribution >= 0.6 is 23.2 Å². The van der Waals surface area contributed by atoms with E-state index in [-0.39, 0.29) is 11.2 Å². The fraction of sp³-hybridized carbons (Fsp3) is 0.400. The average molecular weight is 339 g/mol. The Hall–Kier alpha value is -1.01. The monoisotopic (exact) mass is 338 g/mol. The van der Waals surface area contributed by atoms with Crippen LogP contribution in [0.4, 0.5) is 0 Å². The number of hydrogen-bond donors (Lipinski definition) is 0. The van der Waals surface area contributed by atoms with Gasteiger partial charge in [0, 0.05) is 17.9 Å². The van der Waals surface area contributed by atoms with Crippen molar-refractivity contribution in [1.82, 2.24) is 9.78 Å². The predicted octanol–water partition coefficient (Wildman–Crippen LogP) is 3.48. The average Bonchev–Trinajstić information content (AvgIpc) is 2.93. The molecule has 0 N–H and O–H groups in total. The maximum absolute atomic E-state index is 6.22. The molecule has 0 aliphatic carbocycles. The normalized spacial score (nSPS) is 19.6. The van der Waals surface area contributed by atoms with E-state index in [2.05, 4.69) is 5.10 Å². The van der Waals surface area contributed by atoms with Gasteiger partial charge >= 0.3 is 7.12 Å². The third-order valence-corrected chi connectivity index (χ3v) is 4.90. The molecule has 1 aliphatic heterocycles. The molecule has 1 saturated heterocycles. The van der Waals surface area contributed by atoms with E-state index in [0.717, 1.165) is 5.46 Å². The number of hydrogen-bond acceptors (Lipinski definition) is 3. The second-order valence-corrected chi connectivity index (χ2v) is 7.19. The Morgan fingerprint density at radius 2 is 1.59 bits per heavy atom. The topological polar surface area (TPSA) is 36.3 Å². The summed E-state index contributed by atoms with van der Waals surface area (Å²) < 4.78 is 13.7. The molecule has 1 fully saturated rings. The lowest BCUT2D eigenvalue weighted by molar-refractivity contribution is 0.00578. The molecule has 7 heteroatoms. The smallest absolute Gasteiger partial charge is 0.399 e.